The average molecular weight is 1120 g/mol. The van der Waals surface area contributed by atoms with Crippen molar-refractivity contribution in [1.82, 2.24) is 59.6 Å². The Bertz CT molecular complexity index is 4070. The Labute approximate surface area is 492 Å². The summed E-state index contributed by atoms with van der Waals surface area (Å²) in [4.78, 5) is 44.5. The minimum absolute atomic E-state index is 0.0130. The second-order valence-electron chi connectivity index (χ2n) is 20.9. The van der Waals surface area contributed by atoms with Crippen LogP contribution in [0.3, 0.4) is 0 Å². The number of aromatic nitrogens is 9. The minimum Gasteiger partial charge on any atom is -0.470 e. The van der Waals surface area contributed by atoms with Crippen LogP contribution in [0.4, 0.5) is 29.1 Å². The Morgan fingerprint density at radius 3 is 1.24 bits per heavy atom. The number of likely N-dealkylation sites (N-methyl/N-ethyl adjacent to an activating group) is 3. The van der Waals surface area contributed by atoms with Gasteiger partial charge in [0.1, 0.15) is 31.3 Å². The van der Waals surface area contributed by atoms with Gasteiger partial charge in [-0.1, -0.05) is 0 Å². The molecule has 20 nitrogen and oxygen atoms in total. The molecule has 0 radical (unpaired) electrons. The highest BCUT2D eigenvalue weighted by molar-refractivity contribution is 5.67. The SMILES string of the molecule is [2H]C([2H])(Oc1nc(-c2cc(C)c3c(c2)CCN(C)C3)cnc1N)c1ccnc(N)c1.[2H]C([2H])(Oc1nc(-c2cc(C)c3c(c2)CN(C)CC3)cnc1N)c1ccnc(N)c1.[2H]C([2H])(Oc1nc(-c2cc(C)c3c(c2)CN(C)CC3)cnc1N)c1ccncc1. The highest BCUT2D eigenvalue weighted by atomic mass is 16.5. The third-order valence-electron chi connectivity index (χ3n) is 14.5. The summed E-state index contributed by atoms with van der Waals surface area (Å²) in [6, 6.07) is 21.5. The number of hydrogen-bond acceptors (Lipinski definition) is 20. The second-order valence-corrected chi connectivity index (χ2v) is 20.9. The van der Waals surface area contributed by atoms with Gasteiger partial charge < -0.3 is 57.6 Å². The standard InChI is InChI=1S/2C21H24N6O.C21H23N5O/c1-13-7-15(9-16-11-27(2)6-4-17(13)16)18-10-25-20(23)21(26-18)28-12-14-3-5-24-19(22)8-14;1-13-7-16(9-15-4-6-27(2)11-17(13)15)18-10-25-20(23)21(26-18)28-12-14-3-5-24-19(22)8-14;1-14-9-16(10-17-12-26(2)8-5-18(14)17)19-11-24-20(22)21(25-19)27-13-15-3-6-23-7-4-15/h2*3,5,7-10H,4,6,11-12H2,1-2H3,(H2,22,24)(H2,23,25);3-4,6-7,9-11H,5,8,12-13H2,1-2H3,(H2,22,24)/i2*12D2;13D2. The lowest BCUT2D eigenvalue weighted by Crippen LogP contribution is -2.27. The van der Waals surface area contributed by atoms with E-state index in [0.717, 1.165) is 75.2 Å². The van der Waals surface area contributed by atoms with Gasteiger partial charge in [0.15, 0.2) is 17.5 Å². The van der Waals surface area contributed by atoms with Crippen molar-refractivity contribution in [3.63, 3.8) is 0 Å². The van der Waals surface area contributed by atoms with Crippen LogP contribution < -0.4 is 42.9 Å². The van der Waals surface area contributed by atoms with E-state index >= 15 is 0 Å². The van der Waals surface area contributed by atoms with Gasteiger partial charge in [0.05, 0.1) is 43.9 Å². The summed E-state index contributed by atoms with van der Waals surface area (Å²) in [6.07, 6.45) is 13.6. The van der Waals surface area contributed by atoms with Crippen molar-refractivity contribution >= 4 is 29.1 Å². The number of anilines is 5. The maximum Gasteiger partial charge on any atom is 0.258 e. The Hall–Kier alpha value is -9.37. The second kappa shape index (κ2) is 25.6. The number of nitrogens with two attached hydrogens (primary N) is 5. The Morgan fingerprint density at radius 2 is 0.807 bits per heavy atom. The van der Waals surface area contributed by atoms with Crippen molar-refractivity contribution in [3.05, 3.63) is 183 Å². The molecule has 0 saturated carbocycles. The first-order chi connectivity index (χ1) is 42.3. The van der Waals surface area contributed by atoms with E-state index in [2.05, 4.69) is 138 Å². The highest BCUT2D eigenvalue weighted by Crippen LogP contribution is 2.34. The van der Waals surface area contributed by atoms with E-state index in [0.29, 0.717) is 22.6 Å². The summed E-state index contributed by atoms with van der Waals surface area (Å²) in [6.45, 7) is 5.59. The molecule has 0 amide bonds. The highest BCUT2D eigenvalue weighted by Gasteiger charge is 2.21. The Balaban J connectivity index is 0.000000147. The van der Waals surface area contributed by atoms with Gasteiger partial charge in [-0.25, -0.2) is 39.9 Å². The summed E-state index contributed by atoms with van der Waals surface area (Å²) >= 11 is 0. The molecule has 3 aliphatic heterocycles. The van der Waals surface area contributed by atoms with Crippen molar-refractivity contribution in [1.29, 1.82) is 0 Å². The van der Waals surface area contributed by atoms with Crippen molar-refractivity contribution in [2.24, 2.45) is 0 Å². The minimum atomic E-state index is -2.20. The van der Waals surface area contributed by atoms with E-state index in [1.54, 1.807) is 30.7 Å². The fourth-order valence-electron chi connectivity index (χ4n) is 10.1. The first kappa shape index (κ1) is 49.4. The fourth-order valence-corrected chi connectivity index (χ4v) is 10.1. The van der Waals surface area contributed by atoms with E-state index in [1.165, 1.54) is 99.1 Å². The third-order valence-corrected chi connectivity index (χ3v) is 14.5. The van der Waals surface area contributed by atoms with Crippen LogP contribution in [0.2, 0.25) is 0 Å². The summed E-state index contributed by atoms with van der Waals surface area (Å²) in [7, 11) is 6.34. The molecule has 6 aromatic heterocycles. The van der Waals surface area contributed by atoms with Crippen LogP contribution in [0, 0.1) is 20.8 Å². The van der Waals surface area contributed by atoms with Gasteiger partial charge in [-0.05, 0) is 201 Å². The van der Waals surface area contributed by atoms with Crippen LogP contribution >= 0.6 is 0 Å². The zero-order valence-electron chi connectivity index (χ0n) is 53.3. The van der Waals surface area contributed by atoms with Crippen LogP contribution in [0.15, 0.2) is 116 Å². The molecule has 0 aliphatic carbocycles. The van der Waals surface area contributed by atoms with Gasteiger partial charge in [0.2, 0.25) is 0 Å². The molecule has 3 aromatic carbocycles. The number of hydrogen-bond donors (Lipinski definition) is 5. The number of ether oxygens (including phenoxy) is 3. The maximum absolute atomic E-state index is 8.29. The number of aryl methyl sites for hydroxylation is 3. The maximum atomic E-state index is 8.29. The van der Waals surface area contributed by atoms with Crippen molar-refractivity contribution < 1.29 is 22.4 Å². The quantitative estimate of drug-likeness (QED) is 0.0771. The first-order valence-corrected chi connectivity index (χ1v) is 27.0. The van der Waals surface area contributed by atoms with Crippen LogP contribution in [-0.2, 0) is 58.6 Å². The number of nitrogens with zero attached hydrogens (tertiary/aromatic N) is 12. The molecular weight excluding hydrogens is 1040 g/mol. The van der Waals surface area contributed by atoms with Crippen LogP contribution in [0.5, 0.6) is 17.6 Å². The molecule has 0 spiro atoms. The summed E-state index contributed by atoms with van der Waals surface area (Å²) < 4.78 is 66.2. The molecule has 0 bridgehead atoms. The smallest absolute Gasteiger partial charge is 0.258 e. The van der Waals surface area contributed by atoms with Gasteiger partial charge in [-0.3, -0.25) is 4.98 Å². The first-order valence-electron chi connectivity index (χ1n) is 30.0. The number of pyridine rings is 3. The van der Waals surface area contributed by atoms with Crippen molar-refractivity contribution in [3.8, 4) is 51.4 Å². The van der Waals surface area contributed by atoms with Crippen molar-refractivity contribution in [2.75, 3.05) is 69.4 Å². The van der Waals surface area contributed by atoms with E-state index in [4.69, 9.17) is 51.1 Å². The molecule has 83 heavy (non-hydrogen) atoms. The summed E-state index contributed by atoms with van der Waals surface area (Å²) in [5.41, 5.74) is 45.9. The fraction of sp³-hybridized carbons (Fsp3) is 0.286. The normalized spacial score (nSPS) is 15.5. The molecule has 20 heteroatoms. The molecule has 426 valence electrons. The zero-order valence-corrected chi connectivity index (χ0v) is 47.3. The molecule has 9 heterocycles. The lowest BCUT2D eigenvalue weighted by molar-refractivity contribution is 0.295. The van der Waals surface area contributed by atoms with E-state index in [1.807, 2.05) is 0 Å². The number of fused-ring (bicyclic) bond motifs is 3. The molecule has 12 rings (SSSR count). The lowest BCUT2D eigenvalue weighted by Gasteiger charge is -2.27. The Morgan fingerprint density at radius 1 is 0.434 bits per heavy atom. The topological polar surface area (TPSA) is 284 Å². The van der Waals surface area contributed by atoms with Gasteiger partial charge in [0, 0.05) is 80.7 Å². The van der Waals surface area contributed by atoms with E-state index in [-0.39, 0.29) is 57.9 Å². The number of nitrogen functional groups attached to an aromatic ring is 5. The molecule has 10 N–H and O–H groups in total. The zero-order chi connectivity index (χ0) is 63.5. The average Bonchev–Trinajstić information content (AvgIpc) is 0.963. The largest absolute Gasteiger partial charge is 0.470 e. The monoisotopic (exact) mass is 1120 g/mol. The number of benzene rings is 3. The molecule has 0 saturated heterocycles. The number of rotatable bonds is 12. The summed E-state index contributed by atoms with van der Waals surface area (Å²) in [5.74, 6) is 0.298. The lowest BCUT2D eigenvalue weighted by atomic mass is 9.92. The molecule has 0 unspecified atom stereocenters. The van der Waals surface area contributed by atoms with E-state index < -0.39 is 19.7 Å². The molecule has 0 atom stereocenters. The van der Waals surface area contributed by atoms with Crippen LogP contribution in [-0.4, -0.2) is 100 Å². The predicted octanol–water partition coefficient (Wildman–Crippen LogP) is 8.15. The van der Waals surface area contributed by atoms with Crippen molar-refractivity contribution in [2.45, 2.75) is 79.3 Å². The molecular formula is C63H71N17O3. The predicted molar refractivity (Wildman–Crippen MR) is 324 cm³/mol. The Kier molecular flexibility index (Phi) is 15.3. The molecule has 9 aromatic rings. The summed E-state index contributed by atoms with van der Waals surface area (Å²) in [5, 5.41) is 0. The van der Waals surface area contributed by atoms with Gasteiger partial charge in [-0.15, -0.1) is 0 Å². The molecule has 3 aliphatic rings. The van der Waals surface area contributed by atoms with E-state index in [9.17, 15) is 0 Å². The van der Waals surface area contributed by atoms with Crippen LogP contribution in [0.1, 0.15) is 75.0 Å². The molecule has 0 fully saturated rings. The van der Waals surface area contributed by atoms with Crippen LogP contribution in [0.25, 0.3) is 33.8 Å². The third kappa shape index (κ3) is 14.2. The van der Waals surface area contributed by atoms with Gasteiger partial charge in [-0.2, -0.15) is 0 Å². The van der Waals surface area contributed by atoms with Gasteiger partial charge in [0.25, 0.3) is 17.6 Å². The van der Waals surface area contributed by atoms with Gasteiger partial charge >= 0.3 is 0 Å².